The Hall–Kier alpha value is -0.560. The molecule has 0 aromatic carbocycles. The Bertz CT molecular complexity index is 322. The zero-order valence-corrected chi connectivity index (χ0v) is 10.4. The van der Waals surface area contributed by atoms with Crippen molar-refractivity contribution < 1.29 is 0 Å². The Kier molecular flexibility index (Phi) is 2.89. The van der Waals surface area contributed by atoms with Gasteiger partial charge in [-0.15, -0.1) is 0 Å². The lowest BCUT2D eigenvalue weighted by atomic mass is 9.91. The van der Waals surface area contributed by atoms with Gasteiger partial charge in [0.1, 0.15) is 0 Å². The van der Waals surface area contributed by atoms with Gasteiger partial charge in [-0.25, -0.2) is 0 Å². The van der Waals surface area contributed by atoms with E-state index in [-0.39, 0.29) is 0 Å². The van der Waals surface area contributed by atoms with E-state index in [1.807, 2.05) is 0 Å². The quantitative estimate of drug-likeness (QED) is 0.699. The molecule has 1 nitrogen and oxygen atoms in total. The third-order valence-corrected chi connectivity index (χ3v) is 4.41. The fourth-order valence-electron chi connectivity index (χ4n) is 3.34. The SMILES string of the molecule is CCN1CCCC1C1=CC(C2CC2)=CCC1. The van der Waals surface area contributed by atoms with Gasteiger partial charge in [-0.3, -0.25) is 4.90 Å². The van der Waals surface area contributed by atoms with Crippen LogP contribution in [-0.4, -0.2) is 24.0 Å². The highest BCUT2D eigenvalue weighted by atomic mass is 15.2. The third kappa shape index (κ3) is 1.98. The van der Waals surface area contributed by atoms with E-state index in [4.69, 9.17) is 0 Å². The van der Waals surface area contributed by atoms with Crippen LogP contribution in [0.25, 0.3) is 0 Å². The lowest BCUT2D eigenvalue weighted by molar-refractivity contribution is 0.291. The van der Waals surface area contributed by atoms with Crippen LogP contribution in [0.15, 0.2) is 23.3 Å². The summed E-state index contributed by atoms with van der Waals surface area (Å²) in [5, 5.41) is 0. The monoisotopic (exact) mass is 217 g/mol. The maximum atomic E-state index is 2.67. The molecule has 0 amide bonds. The lowest BCUT2D eigenvalue weighted by Gasteiger charge is -2.27. The van der Waals surface area contributed by atoms with E-state index >= 15 is 0 Å². The van der Waals surface area contributed by atoms with Crippen molar-refractivity contribution in [1.82, 2.24) is 4.90 Å². The molecule has 0 bridgehead atoms. The maximum absolute atomic E-state index is 2.67. The van der Waals surface area contributed by atoms with Crippen molar-refractivity contribution in [2.75, 3.05) is 13.1 Å². The Balaban J connectivity index is 1.75. The van der Waals surface area contributed by atoms with Crippen LogP contribution in [0.3, 0.4) is 0 Å². The van der Waals surface area contributed by atoms with E-state index < -0.39 is 0 Å². The maximum Gasteiger partial charge on any atom is 0.0311 e. The molecule has 1 atom stereocenters. The molecule has 0 N–H and O–H groups in total. The molecule has 88 valence electrons. The van der Waals surface area contributed by atoms with Crippen molar-refractivity contribution in [3.05, 3.63) is 23.3 Å². The number of allylic oxidation sites excluding steroid dienone is 3. The minimum absolute atomic E-state index is 0.785. The standard InChI is InChI=1S/C15H23N/c1-2-16-10-4-7-15(16)14-6-3-5-13(11-14)12-8-9-12/h5,11-12,15H,2-4,6-10H2,1H3. The summed E-state index contributed by atoms with van der Waals surface area (Å²) in [5.74, 6) is 0.937. The highest BCUT2D eigenvalue weighted by Crippen LogP contribution is 2.41. The van der Waals surface area contributed by atoms with E-state index in [1.54, 1.807) is 11.1 Å². The summed E-state index contributed by atoms with van der Waals surface area (Å²) in [5.41, 5.74) is 3.41. The van der Waals surface area contributed by atoms with Gasteiger partial charge >= 0.3 is 0 Å². The van der Waals surface area contributed by atoms with Crippen LogP contribution in [0.4, 0.5) is 0 Å². The zero-order valence-electron chi connectivity index (χ0n) is 10.4. The van der Waals surface area contributed by atoms with Gasteiger partial charge in [-0.1, -0.05) is 24.6 Å². The second-order valence-corrected chi connectivity index (χ2v) is 5.52. The molecule has 0 aromatic heterocycles. The molecule has 1 saturated carbocycles. The van der Waals surface area contributed by atoms with E-state index in [1.165, 1.54) is 51.6 Å². The van der Waals surface area contributed by atoms with Crippen molar-refractivity contribution in [1.29, 1.82) is 0 Å². The van der Waals surface area contributed by atoms with Gasteiger partial charge < -0.3 is 0 Å². The first-order valence-electron chi connectivity index (χ1n) is 7.03. The molecule has 1 unspecified atom stereocenters. The summed E-state index contributed by atoms with van der Waals surface area (Å²) in [6.07, 6.45) is 13.3. The molecule has 2 aliphatic carbocycles. The van der Waals surface area contributed by atoms with E-state index in [0.29, 0.717) is 0 Å². The summed E-state index contributed by atoms with van der Waals surface area (Å²) in [7, 11) is 0. The zero-order chi connectivity index (χ0) is 11.0. The molecule has 1 heteroatoms. The molecule has 3 aliphatic rings. The van der Waals surface area contributed by atoms with Crippen LogP contribution < -0.4 is 0 Å². The number of hydrogen-bond acceptors (Lipinski definition) is 1. The Morgan fingerprint density at radius 1 is 1.31 bits per heavy atom. The highest BCUT2D eigenvalue weighted by molar-refractivity contribution is 5.34. The van der Waals surface area contributed by atoms with Crippen LogP contribution in [-0.2, 0) is 0 Å². The molecule has 1 aliphatic heterocycles. The first-order valence-corrected chi connectivity index (χ1v) is 7.03. The fraction of sp³-hybridized carbons (Fsp3) is 0.733. The fourth-order valence-corrected chi connectivity index (χ4v) is 3.34. The smallest absolute Gasteiger partial charge is 0.0311 e. The number of hydrogen-bond donors (Lipinski definition) is 0. The third-order valence-electron chi connectivity index (χ3n) is 4.41. The van der Waals surface area contributed by atoms with E-state index in [0.717, 1.165) is 12.0 Å². The normalized spacial score (nSPS) is 31.4. The van der Waals surface area contributed by atoms with Crippen molar-refractivity contribution >= 4 is 0 Å². The van der Waals surface area contributed by atoms with Gasteiger partial charge in [-0.05, 0) is 63.1 Å². The topological polar surface area (TPSA) is 3.24 Å². The molecule has 1 saturated heterocycles. The minimum atomic E-state index is 0.785. The van der Waals surface area contributed by atoms with Gasteiger partial charge in [0, 0.05) is 6.04 Å². The molecule has 1 heterocycles. The summed E-state index contributed by atoms with van der Waals surface area (Å²) < 4.78 is 0. The summed E-state index contributed by atoms with van der Waals surface area (Å²) in [4.78, 5) is 2.67. The van der Waals surface area contributed by atoms with E-state index in [2.05, 4.69) is 24.0 Å². The number of likely N-dealkylation sites (tertiary alicyclic amines) is 1. The van der Waals surface area contributed by atoms with Crippen molar-refractivity contribution in [3.63, 3.8) is 0 Å². The Labute approximate surface area is 99.2 Å². The first kappa shape index (κ1) is 10.6. The van der Waals surface area contributed by atoms with Crippen LogP contribution in [0.1, 0.15) is 45.4 Å². The largest absolute Gasteiger partial charge is 0.297 e. The molecule has 2 fully saturated rings. The summed E-state index contributed by atoms with van der Waals surface area (Å²) in [6.45, 7) is 4.85. The van der Waals surface area contributed by atoms with Crippen molar-refractivity contribution in [3.8, 4) is 0 Å². The second-order valence-electron chi connectivity index (χ2n) is 5.52. The van der Waals surface area contributed by atoms with Crippen LogP contribution in [0, 0.1) is 5.92 Å². The van der Waals surface area contributed by atoms with Gasteiger partial charge in [0.05, 0.1) is 0 Å². The molecule has 0 radical (unpaired) electrons. The van der Waals surface area contributed by atoms with Crippen molar-refractivity contribution in [2.24, 2.45) is 5.92 Å². The first-order chi connectivity index (χ1) is 7.88. The molecule has 3 rings (SSSR count). The average molecular weight is 217 g/mol. The lowest BCUT2D eigenvalue weighted by Crippen LogP contribution is -2.31. The summed E-state index contributed by atoms with van der Waals surface area (Å²) >= 11 is 0. The van der Waals surface area contributed by atoms with Gasteiger partial charge in [0.2, 0.25) is 0 Å². The minimum Gasteiger partial charge on any atom is -0.297 e. The second kappa shape index (κ2) is 4.37. The molecule has 16 heavy (non-hydrogen) atoms. The molecule has 0 spiro atoms. The van der Waals surface area contributed by atoms with Crippen LogP contribution in [0.2, 0.25) is 0 Å². The Morgan fingerprint density at radius 2 is 2.19 bits per heavy atom. The molecular weight excluding hydrogens is 194 g/mol. The average Bonchev–Trinajstić information content (AvgIpc) is 3.07. The van der Waals surface area contributed by atoms with Gasteiger partial charge in [0.15, 0.2) is 0 Å². The van der Waals surface area contributed by atoms with E-state index in [9.17, 15) is 0 Å². The number of nitrogens with zero attached hydrogens (tertiary/aromatic N) is 1. The van der Waals surface area contributed by atoms with Crippen LogP contribution in [0.5, 0.6) is 0 Å². The van der Waals surface area contributed by atoms with Crippen LogP contribution >= 0.6 is 0 Å². The predicted octanol–water partition coefficient (Wildman–Crippen LogP) is 3.53. The summed E-state index contributed by atoms with van der Waals surface area (Å²) in [6, 6.07) is 0.785. The highest BCUT2D eigenvalue weighted by Gasteiger charge is 2.30. The van der Waals surface area contributed by atoms with Gasteiger partial charge in [-0.2, -0.15) is 0 Å². The number of rotatable bonds is 3. The number of likely N-dealkylation sites (N-methyl/N-ethyl adjacent to an activating group) is 1. The van der Waals surface area contributed by atoms with Gasteiger partial charge in [0.25, 0.3) is 0 Å². The van der Waals surface area contributed by atoms with Crippen molar-refractivity contribution in [2.45, 2.75) is 51.5 Å². The predicted molar refractivity (Wildman–Crippen MR) is 68.4 cm³/mol. The molecule has 0 aromatic rings. The Morgan fingerprint density at radius 3 is 2.94 bits per heavy atom. The molecular formula is C15H23N.